The fourth-order valence-electron chi connectivity index (χ4n) is 3.63. The van der Waals surface area contributed by atoms with Crippen LogP contribution in [0, 0.1) is 0 Å². The molecule has 1 saturated heterocycles. The van der Waals surface area contributed by atoms with Gasteiger partial charge in [0.25, 0.3) is 0 Å². The van der Waals surface area contributed by atoms with Gasteiger partial charge in [0.2, 0.25) is 10.9 Å². The van der Waals surface area contributed by atoms with Crippen LogP contribution in [-0.2, 0) is 6.18 Å². The second-order valence-corrected chi connectivity index (χ2v) is 7.35. The Morgan fingerprint density at radius 1 is 0.828 bits per heavy atom. The molecule has 8 heteroatoms. The Balaban J connectivity index is 1.53. The second-order valence-electron chi connectivity index (χ2n) is 6.91. The van der Waals surface area contributed by atoms with Crippen LogP contribution < -0.4 is 20.7 Å². The maximum atomic E-state index is 13.0. The van der Waals surface area contributed by atoms with Crippen molar-refractivity contribution in [1.82, 2.24) is 0 Å². The fraction of sp³-hybridized carbons (Fsp3) is 0.238. The highest BCUT2D eigenvalue weighted by atomic mass is 35.5. The molecule has 0 saturated carbocycles. The van der Waals surface area contributed by atoms with Crippen molar-refractivity contribution in [1.29, 1.82) is 0 Å². The van der Waals surface area contributed by atoms with Crippen molar-refractivity contribution in [3.05, 3.63) is 79.6 Å². The number of hydrogen-bond donors (Lipinski definition) is 0. The lowest BCUT2D eigenvalue weighted by molar-refractivity contribution is -0.137. The first kappa shape index (κ1) is 19.5. The van der Waals surface area contributed by atoms with E-state index in [2.05, 4.69) is 0 Å². The van der Waals surface area contributed by atoms with Crippen molar-refractivity contribution in [3.63, 3.8) is 0 Å². The number of rotatable bonds is 3. The molecular formula is C21H16ClF3N2O2. The van der Waals surface area contributed by atoms with Crippen molar-refractivity contribution in [2.24, 2.45) is 0 Å². The van der Waals surface area contributed by atoms with Gasteiger partial charge in [-0.2, -0.15) is 13.2 Å². The van der Waals surface area contributed by atoms with Gasteiger partial charge in [-0.3, -0.25) is 9.59 Å². The van der Waals surface area contributed by atoms with Crippen molar-refractivity contribution in [2.75, 3.05) is 36.0 Å². The normalized spacial score (nSPS) is 15.2. The number of benzene rings is 2. The molecule has 4 nitrogen and oxygen atoms in total. The van der Waals surface area contributed by atoms with Crippen LogP contribution in [0.2, 0.25) is 5.02 Å². The summed E-state index contributed by atoms with van der Waals surface area (Å²) in [5.41, 5.74) is 0.131. The molecule has 0 atom stereocenters. The fourth-order valence-corrected chi connectivity index (χ4v) is 3.76. The summed E-state index contributed by atoms with van der Waals surface area (Å²) in [6.45, 7) is 1.75. The first-order valence-corrected chi connectivity index (χ1v) is 9.40. The van der Waals surface area contributed by atoms with Crippen molar-refractivity contribution in [3.8, 4) is 11.1 Å². The maximum Gasteiger partial charge on any atom is 0.416 e. The second kappa shape index (κ2) is 7.22. The molecule has 1 aliphatic rings. The Labute approximate surface area is 169 Å². The third kappa shape index (κ3) is 3.62. The summed E-state index contributed by atoms with van der Waals surface area (Å²) >= 11 is 5.89. The van der Waals surface area contributed by atoms with Gasteiger partial charge in [0.15, 0.2) is 0 Å². The van der Waals surface area contributed by atoms with Crippen molar-refractivity contribution < 1.29 is 13.2 Å². The molecule has 0 spiro atoms. The summed E-state index contributed by atoms with van der Waals surface area (Å²) in [6.07, 6.45) is -4.39. The number of piperazine rings is 1. The van der Waals surface area contributed by atoms with Crippen molar-refractivity contribution in [2.45, 2.75) is 6.18 Å². The van der Waals surface area contributed by atoms with Gasteiger partial charge in [-0.1, -0.05) is 29.8 Å². The Kier molecular flexibility index (Phi) is 4.86. The van der Waals surface area contributed by atoms with E-state index in [1.165, 1.54) is 6.07 Å². The molecule has 1 heterocycles. The third-order valence-corrected chi connectivity index (χ3v) is 5.40. The lowest BCUT2D eigenvalue weighted by Gasteiger charge is -2.38. The summed E-state index contributed by atoms with van der Waals surface area (Å²) in [5, 5.41) is 0.531. The summed E-state index contributed by atoms with van der Waals surface area (Å²) in [4.78, 5) is 28.0. The molecule has 0 N–H and O–H groups in total. The van der Waals surface area contributed by atoms with E-state index in [9.17, 15) is 22.8 Å². The van der Waals surface area contributed by atoms with E-state index in [0.29, 0.717) is 53.7 Å². The Morgan fingerprint density at radius 2 is 1.45 bits per heavy atom. The Bertz CT molecular complexity index is 1110. The van der Waals surface area contributed by atoms with E-state index < -0.39 is 22.6 Å². The minimum atomic E-state index is -4.39. The van der Waals surface area contributed by atoms with Gasteiger partial charge >= 0.3 is 6.18 Å². The molecule has 0 radical (unpaired) electrons. The van der Waals surface area contributed by atoms with Gasteiger partial charge < -0.3 is 9.80 Å². The summed E-state index contributed by atoms with van der Waals surface area (Å²) in [5.74, 6) is 0. The summed E-state index contributed by atoms with van der Waals surface area (Å²) < 4.78 is 38.9. The van der Waals surface area contributed by atoms with Gasteiger partial charge in [0.05, 0.1) is 11.1 Å². The van der Waals surface area contributed by atoms with Crippen LogP contribution in [0.1, 0.15) is 5.56 Å². The largest absolute Gasteiger partial charge is 0.416 e. The predicted octanol–water partition coefficient (Wildman–Crippen LogP) is 3.95. The van der Waals surface area contributed by atoms with Crippen LogP contribution >= 0.6 is 11.6 Å². The van der Waals surface area contributed by atoms with E-state index in [0.717, 1.165) is 12.1 Å². The smallest absolute Gasteiger partial charge is 0.368 e. The topological polar surface area (TPSA) is 40.6 Å². The van der Waals surface area contributed by atoms with E-state index in [-0.39, 0.29) is 0 Å². The SMILES string of the molecule is O=c1c(-c2ccc(Cl)cc2)c(N2CCN(c3cccc(C(F)(F)F)c3)CC2)c1=O. The Morgan fingerprint density at radius 3 is 2.07 bits per heavy atom. The molecule has 0 amide bonds. The quantitative estimate of drug-likeness (QED) is 0.602. The van der Waals surface area contributed by atoms with Gasteiger partial charge in [-0.05, 0) is 35.9 Å². The van der Waals surface area contributed by atoms with E-state index in [4.69, 9.17) is 11.6 Å². The molecule has 0 bridgehead atoms. The summed E-state index contributed by atoms with van der Waals surface area (Å²) in [6, 6.07) is 11.9. The highest BCUT2D eigenvalue weighted by molar-refractivity contribution is 6.30. The van der Waals surface area contributed by atoms with Crippen LogP contribution in [0.15, 0.2) is 58.1 Å². The third-order valence-electron chi connectivity index (χ3n) is 5.15. The zero-order valence-electron chi connectivity index (χ0n) is 15.2. The molecule has 29 heavy (non-hydrogen) atoms. The average Bonchev–Trinajstić information content (AvgIpc) is 2.72. The number of anilines is 2. The van der Waals surface area contributed by atoms with Crippen LogP contribution in [-0.4, -0.2) is 26.2 Å². The molecule has 150 valence electrons. The zero-order valence-corrected chi connectivity index (χ0v) is 15.9. The molecule has 4 rings (SSSR count). The standard InChI is InChI=1S/C21H16ClF3N2O2/c22-15-6-4-13(5-7-15)17-18(20(29)19(17)28)27-10-8-26(9-11-27)16-3-1-2-14(12-16)21(23,24)25/h1-7,12H,8-11H2. The van der Waals surface area contributed by atoms with E-state index in [1.54, 1.807) is 30.3 Å². The highest BCUT2D eigenvalue weighted by Gasteiger charge is 2.32. The molecule has 3 aromatic carbocycles. The van der Waals surface area contributed by atoms with Gasteiger partial charge in [0.1, 0.15) is 5.69 Å². The predicted molar refractivity (Wildman–Crippen MR) is 108 cm³/mol. The minimum Gasteiger partial charge on any atom is -0.368 e. The molecule has 0 unspecified atom stereocenters. The highest BCUT2D eigenvalue weighted by Crippen LogP contribution is 2.33. The maximum absolute atomic E-state index is 13.0. The average molecular weight is 421 g/mol. The molecule has 1 aliphatic heterocycles. The first-order chi connectivity index (χ1) is 13.8. The van der Waals surface area contributed by atoms with Crippen LogP contribution in [0.25, 0.3) is 11.1 Å². The number of hydrogen-bond acceptors (Lipinski definition) is 4. The first-order valence-electron chi connectivity index (χ1n) is 9.02. The minimum absolute atomic E-state index is 0.374. The molecular weight excluding hydrogens is 405 g/mol. The van der Waals surface area contributed by atoms with Crippen LogP contribution in [0.4, 0.5) is 24.5 Å². The van der Waals surface area contributed by atoms with E-state index >= 15 is 0 Å². The number of halogens is 4. The van der Waals surface area contributed by atoms with Crippen molar-refractivity contribution >= 4 is 23.0 Å². The zero-order chi connectivity index (χ0) is 20.8. The van der Waals surface area contributed by atoms with Crippen LogP contribution in [0.3, 0.4) is 0 Å². The molecule has 3 aromatic rings. The van der Waals surface area contributed by atoms with Gasteiger partial charge in [-0.15, -0.1) is 0 Å². The number of nitrogens with zero attached hydrogens (tertiary/aromatic N) is 2. The monoisotopic (exact) mass is 420 g/mol. The lowest BCUT2D eigenvalue weighted by Crippen LogP contribution is -2.51. The lowest BCUT2D eigenvalue weighted by atomic mass is 9.97. The van der Waals surface area contributed by atoms with Crippen LogP contribution in [0.5, 0.6) is 0 Å². The van der Waals surface area contributed by atoms with Gasteiger partial charge in [-0.25, -0.2) is 0 Å². The molecule has 0 aliphatic carbocycles. The van der Waals surface area contributed by atoms with Gasteiger partial charge in [0, 0.05) is 36.9 Å². The number of alkyl halides is 3. The molecule has 0 aromatic heterocycles. The Hall–Kier alpha value is -2.80. The van der Waals surface area contributed by atoms with E-state index in [1.807, 2.05) is 9.80 Å². The summed E-state index contributed by atoms with van der Waals surface area (Å²) in [7, 11) is 0. The molecule has 1 fully saturated rings.